The van der Waals surface area contributed by atoms with Crippen LogP contribution in [0.25, 0.3) is 0 Å². The molecule has 0 saturated heterocycles. The predicted molar refractivity (Wildman–Crippen MR) is 78.0 cm³/mol. The SMILES string of the molecule is Cc1cc(Cl)ncc1ON(C(=O)O)C(C)(C)CC(C)C. The summed E-state index contributed by atoms with van der Waals surface area (Å²) in [5.41, 5.74) is 0.0862. The average molecular weight is 301 g/mol. The number of aromatic nitrogens is 1. The van der Waals surface area contributed by atoms with Gasteiger partial charge in [-0.15, -0.1) is 5.06 Å². The molecule has 0 unspecified atom stereocenters. The van der Waals surface area contributed by atoms with Crippen LogP contribution in [0.1, 0.15) is 39.7 Å². The summed E-state index contributed by atoms with van der Waals surface area (Å²) in [5, 5.41) is 10.7. The van der Waals surface area contributed by atoms with Crippen molar-refractivity contribution in [2.45, 2.75) is 46.6 Å². The number of carboxylic acid groups (broad SMARTS) is 1. The van der Waals surface area contributed by atoms with Crippen molar-refractivity contribution in [3.05, 3.63) is 23.0 Å². The van der Waals surface area contributed by atoms with Gasteiger partial charge in [0.05, 0.1) is 11.7 Å². The van der Waals surface area contributed by atoms with Gasteiger partial charge in [0.15, 0.2) is 5.75 Å². The zero-order valence-corrected chi connectivity index (χ0v) is 13.2. The maximum absolute atomic E-state index is 11.5. The Bertz CT molecular complexity index is 489. The van der Waals surface area contributed by atoms with Crippen molar-refractivity contribution in [2.24, 2.45) is 5.92 Å². The third kappa shape index (κ3) is 4.27. The Morgan fingerprint density at radius 1 is 1.55 bits per heavy atom. The molecular formula is C14H21ClN2O3. The van der Waals surface area contributed by atoms with E-state index in [0.29, 0.717) is 23.2 Å². The zero-order valence-electron chi connectivity index (χ0n) is 12.5. The van der Waals surface area contributed by atoms with E-state index in [4.69, 9.17) is 16.4 Å². The van der Waals surface area contributed by atoms with Crippen molar-refractivity contribution in [2.75, 3.05) is 0 Å². The minimum atomic E-state index is -1.13. The average Bonchev–Trinajstić information content (AvgIpc) is 2.24. The molecule has 1 aromatic rings. The number of nitrogens with zero attached hydrogens (tertiary/aromatic N) is 2. The van der Waals surface area contributed by atoms with Crippen molar-refractivity contribution in [1.29, 1.82) is 0 Å². The summed E-state index contributed by atoms with van der Waals surface area (Å²) in [4.78, 5) is 20.9. The van der Waals surface area contributed by atoms with Gasteiger partial charge in [-0.05, 0) is 44.7 Å². The fourth-order valence-electron chi connectivity index (χ4n) is 2.21. The lowest BCUT2D eigenvalue weighted by atomic mass is 9.92. The minimum Gasteiger partial charge on any atom is -0.463 e. The number of carbonyl (C=O) groups is 1. The van der Waals surface area contributed by atoms with Gasteiger partial charge in [-0.25, -0.2) is 9.78 Å². The number of pyridine rings is 1. The summed E-state index contributed by atoms with van der Waals surface area (Å²) in [7, 11) is 0. The Hall–Kier alpha value is -1.49. The number of aryl methyl sites for hydroxylation is 1. The summed E-state index contributed by atoms with van der Waals surface area (Å²) in [6, 6.07) is 1.63. The van der Waals surface area contributed by atoms with Crippen molar-refractivity contribution >= 4 is 17.7 Å². The van der Waals surface area contributed by atoms with Crippen LogP contribution in [0, 0.1) is 12.8 Å². The van der Waals surface area contributed by atoms with E-state index in [1.165, 1.54) is 6.20 Å². The first-order valence-corrected chi connectivity index (χ1v) is 6.84. The molecule has 0 saturated carbocycles. The largest absolute Gasteiger partial charge is 0.463 e. The molecule has 1 rings (SSSR count). The molecule has 1 amide bonds. The van der Waals surface area contributed by atoms with E-state index >= 15 is 0 Å². The second-order valence-corrected chi connectivity index (χ2v) is 6.24. The van der Waals surface area contributed by atoms with Gasteiger partial charge in [-0.1, -0.05) is 25.4 Å². The molecule has 0 fully saturated rings. The molecule has 5 nitrogen and oxygen atoms in total. The quantitative estimate of drug-likeness (QED) is 0.655. The molecule has 0 aromatic carbocycles. The Morgan fingerprint density at radius 3 is 2.60 bits per heavy atom. The molecule has 1 heterocycles. The van der Waals surface area contributed by atoms with Crippen LogP contribution < -0.4 is 4.84 Å². The topological polar surface area (TPSA) is 62.7 Å². The highest BCUT2D eigenvalue weighted by Gasteiger charge is 2.34. The summed E-state index contributed by atoms with van der Waals surface area (Å²) < 4.78 is 0. The lowest BCUT2D eigenvalue weighted by molar-refractivity contribution is -0.109. The Labute approximate surface area is 124 Å². The van der Waals surface area contributed by atoms with Gasteiger partial charge >= 0.3 is 6.09 Å². The third-order valence-electron chi connectivity index (χ3n) is 2.85. The van der Waals surface area contributed by atoms with E-state index in [1.807, 2.05) is 27.7 Å². The summed E-state index contributed by atoms with van der Waals surface area (Å²) in [6.07, 6.45) is 0.975. The van der Waals surface area contributed by atoms with Crippen LogP contribution in [-0.2, 0) is 0 Å². The molecule has 0 aliphatic carbocycles. The van der Waals surface area contributed by atoms with Gasteiger partial charge in [0.25, 0.3) is 0 Å². The Balaban J connectivity index is 3.01. The summed E-state index contributed by atoms with van der Waals surface area (Å²) >= 11 is 5.78. The molecule has 1 N–H and O–H groups in total. The molecule has 20 heavy (non-hydrogen) atoms. The number of hydrogen-bond acceptors (Lipinski definition) is 3. The molecule has 0 aliphatic heterocycles. The molecule has 0 aliphatic rings. The minimum absolute atomic E-state index is 0.346. The van der Waals surface area contributed by atoms with Gasteiger partial charge in [0.2, 0.25) is 0 Å². The molecule has 0 radical (unpaired) electrons. The lowest BCUT2D eigenvalue weighted by Crippen LogP contribution is -2.50. The fourth-order valence-corrected chi connectivity index (χ4v) is 2.42. The van der Waals surface area contributed by atoms with Crippen molar-refractivity contribution in [3.63, 3.8) is 0 Å². The monoisotopic (exact) mass is 300 g/mol. The van der Waals surface area contributed by atoms with Crippen LogP contribution >= 0.6 is 11.6 Å². The lowest BCUT2D eigenvalue weighted by Gasteiger charge is -2.36. The molecule has 1 aromatic heterocycles. The van der Waals surface area contributed by atoms with Crippen LogP contribution in [0.5, 0.6) is 5.75 Å². The van der Waals surface area contributed by atoms with Crippen LogP contribution in [0.3, 0.4) is 0 Å². The number of halogens is 1. The first-order chi connectivity index (χ1) is 9.13. The fraction of sp³-hybridized carbons (Fsp3) is 0.571. The molecular weight excluding hydrogens is 280 g/mol. The van der Waals surface area contributed by atoms with E-state index in [1.54, 1.807) is 13.0 Å². The maximum Gasteiger partial charge on any atom is 0.441 e. The third-order valence-corrected chi connectivity index (χ3v) is 3.06. The second kappa shape index (κ2) is 6.31. The van der Waals surface area contributed by atoms with Gasteiger partial charge in [0, 0.05) is 0 Å². The summed E-state index contributed by atoms with van der Waals surface area (Å²) in [5.74, 6) is 0.730. The highest BCUT2D eigenvalue weighted by molar-refractivity contribution is 6.29. The van der Waals surface area contributed by atoms with Gasteiger partial charge in [0.1, 0.15) is 5.15 Å². The summed E-state index contributed by atoms with van der Waals surface area (Å²) in [6.45, 7) is 9.53. The van der Waals surface area contributed by atoms with E-state index in [9.17, 15) is 9.90 Å². The van der Waals surface area contributed by atoms with E-state index < -0.39 is 11.6 Å². The molecule has 0 bridgehead atoms. The number of hydrogen-bond donors (Lipinski definition) is 1. The number of hydroxylamine groups is 2. The zero-order chi connectivity index (χ0) is 15.5. The van der Waals surface area contributed by atoms with E-state index in [0.717, 1.165) is 10.6 Å². The van der Waals surface area contributed by atoms with Gasteiger partial charge in [-0.2, -0.15) is 0 Å². The molecule has 0 spiro atoms. The highest BCUT2D eigenvalue weighted by Crippen LogP contribution is 2.27. The van der Waals surface area contributed by atoms with Crippen molar-refractivity contribution in [1.82, 2.24) is 10.0 Å². The first-order valence-electron chi connectivity index (χ1n) is 6.46. The molecule has 6 heteroatoms. The number of amides is 1. The Morgan fingerprint density at radius 2 is 2.15 bits per heavy atom. The second-order valence-electron chi connectivity index (χ2n) is 5.85. The number of rotatable bonds is 5. The molecule has 0 atom stereocenters. The van der Waals surface area contributed by atoms with Gasteiger partial charge < -0.3 is 9.94 Å². The predicted octanol–water partition coefficient (Wildman–Crippen LogP) is 4.14. The van der Waals surface area contributed by atoms with E-state index in [2.05, 4.69) is 4.98 Å². The normalized spacial score (nSPS) is 11.6. The first kappa shape index (κ1) is 16.6. The van der Waals surface area contributed by atoms with Gasteiger partial charge in [-0.3, -0.25) is 0 Å². The maximum atomic E-state index is 11.5. The van der Waals surface area contributed by atoms with Crippen LogP contribution in [0.15, 0.2) is 12.3 Å². The van der Waals surface area contributed by atoms with Crippen molar-refractivity contribution < 1.29 is 14.7 Å². The van der Waals surface area contributed by atoms with Crippen LogP contribution in [-0.4, -0.2) is 26.8 Å². The van der Waals surface area contributed by atoms with Crippen molar-refractivity contribution in [3.8, 4) is 5.75 Å². The van der Waals surface area contributed by atoms with E-state index in [-0.39, 0.29) is 0 Å². The Kier molecular flexibility index (Phi) is 5.22. The van der Waals surface area contributed by atoms with Crippen LogP contribution in [0.4, 0.5) is 4.79 Å². The smallest absolute Gasteiger partial charge is 0.441 e. The standard InChI is InChI=1S/C14H21ClN2O3/c1-9(2)7-14(4,5)17(13(18)19)20-11-8-16-12(15)6-10(11)3/h6,8-9H,7H2,1-5H3,(H,18,19). The molecule has 112 valence electrons. The highest BCUT2D eigenvalue weighted by atomic mass is 35.5. The van der Waals surface area contributed by atoms with Crippen LogP contribution in [0.2, 0.25) is 5.15 Å².